The van der Waals surface area contributed by atoms with E-state index in [1.54, 1.807) is 0 Å². The third-order valence-corrected chi connectivity index (χ3v) is 1.55. The van der Waals surface area contributed by atoms with Crippen LogP contribution in [-0.2, 0) is 4.79 Å². The van der Waals surface area contributed by atoms with Crippen LogP contribution in [-0.4, -0.2) is 18.3 Å². The van der Waals surface area contributed by atoms with Crippen molar-refractivity contribution >= 4 is 11.6 Å². The molecule has 0 aliphatic heterocycles. The lowest BCUT2D eigenvalue weighted by atomic mass is 10.0. The van der Waals surface area contributed by atoms with E-state index < -0.39 is 0 Å². The number of rotatable bonds is 5. The van der Waals surface area contributed by atoms with Gasteiger partial charge in [0, 0.05) is 12.1 Å². The fourth-order valence-corrected chi connectivity index (χ4v) is 1.14. The predicted molar refractivity (Wildman–Crippen MR) is 49.8 cm³/mol. The number of primary amides is 1. The third-order valence-electron chi connectivity index (χ3n) is 1.55. The fraction of sp³-hybridized carbons (Fsp3) is 0.750. The van der Waals surface area contributed by atoms with Gasteiger partial charge < -0.3 is 11.5 Å². The van der Waals surface area contributed by atoms with Crippen LogP contribution in [0.15, 0.2) is 4.99 Å². The van der Waals surface area contributed by atoms with Crippen LogP contribution < -0.4 is 11.5 Å². The molecular formula is C8H17N3O. The van der Waals surface area contributed by atoms with E-state index in [1.807, 2.05) is 13.8 Å². The highest BCUT2D eigenvalue weighted by Crippen LogP contribution is 2.07. The first-order valence-corrected chi connectivity index (χ1v) is 4.04. The molecule has 0 aliphatic rings. The summed E-state index contributed by atoms with van der Waals surface area (Å²) in [5, 5.41) is 0. The molecule has 0 aromatic carbocycles. The minimum absolute atomic E-state index is 0.261. The quantitative estimate of drug-likeness (QED) is 0.582. The van der Waals surface area contributed by atoms with Gasteiger partial charge >= 0.3 is 0 Å². The third kappa shape index (κ3) is 5.85. The first kappa shape index (κ1) is 11.1. The van der Waals surface area contributed by atoms with Crippen molar-refractivity contribution in [2.45, 2.75) is 26.7 Å². The molecule has 1 amide bonds. The Morgan fingerprint density at radius 2 is 2.08 bits per heavy atom. The zero-order chi connectivity index (χ0) is 9.56. The first-order valence-electron chi connectivity index (χ1n) is 4.04. The van der Waals surface area contributed by atoms with Crippen molar-refractivity contribution in [2.75, 3.05) is 6.67 Å². The summed E-state index contributed by atoms with van der Waals surface area (Å²) in [6, 6.07) is 0. The Labute approximate surface area is 73.0 Å². The van der Waals surface area contributed by atoms with Gasteiger partial charge in [-0.3, -0.25) is 9.79 Å². The molecule has 0 aromatic rings. The van der Waals surface area contributed by atoms with Gasteiger partial charge in [-0.15, -0.1) is 0 Å². The Bertz CT molecular complexity index is 177. The van der Waals surface area contributed by atoms with Crippen LogP contribution in [0.3, 0.4) is 0 Å². The van der Waals surface area contributed by atoms with E-state index in [-0.39, 0.29) is 11.8 Å². The molecule has 4 N–H and O–H groups in total. The Morgan fingerprint density at radius 3 is 2.50 bits per heavy atom. The zero-order valence-electron chi connectivity index (χ0n) is 7.71. The van der Waals surface area contributed by atoms with E-state index in [4.69, 9.17) is 11.5 Å². The summed E-state index contributed by atoms with van der Waals surface area (Å²) in [6.45, 7) is 4.19. The Morgan fingerprint density at radius 1 is 1.50 bits per heavy atom. The number of carbonyl (C=O) groups is 1. The van der Waals surface area contributed by atoms with E-state index in [0.717, 1.165) is 12.1 Å². The van der Waals surface area contributed by atoms with Gasteiger partial charge in [-0.1, -0.05) is 6.92 Å². The van der Waals surface area contributed by atoms with Crippen molar-refractivity contribution in [2.24, 2.45) is 22.4 Å². The fourth-order valence-electron chi connectivity index (χ4n) is 1.14. The summed E-state index contributed by atoms with van der Waals surface area (Å²) < 4.78 is 0. The number of hydrogen-bond donors (Lipinski definition) is 2. The smallest absolute Gasteiger partial charge is 0.217 e. The summed E-state index contributed by atoms with van der Waals surface area (Å²) in [6.07, 6.45) is 1.21. The second-order valence-corrected chi connectivity index (χ2v) is 3.06. The molecule has 0 rings (SSSR count). The monoisotopic (exact) mass is 171 g/mol. The molecule has 1 atom stereocenters. The van der Waals surface area contributed by atoms with Gasteiger partial charge in [0.1, 0.15) is 0 Å². The minimum Gasteiger partial charge on any atom is -0.370 e. The van der Waals surface area contributed by atoms with Gasteiger partial charge in [-0.2, -0.15) is 0 Å². The minimum atomic E-state index is -0.261. The molecule has 0 radical (unpaired) electrons. The number of hydrogen-bond acceptors (Lipinski definition) is 3. The maximum Gasteiger partial charge on any atom is 0.217 e. The standard InChI is InChI=1S/C8H17N3O/c1-6(4-8(10)12)3-7(2)11-5-9/h6H,3-5,9H2,1-2H3,(H2,10,12). The molecule has 0 bridgehead atoms. The molecule has 70 valence electrons. The topological polar surface area (TPSA) is 81.5 Å². The molecule has 0 heterocycles. The molecule has 12 heavy (non-hydrogen) atoms. The molecule has 0 aromatic heterocycles. The van der Waals surface area contributed by atoms with Crippen molar-refractivity contribution in [1.82, 2.24) is 0 Å². The summed E-state index contributed by atoms with van der Waals surface area (Å²) in [5.41, 5.74) is 11.2. The van der Waals surface area contributed by atoms with E-state index in [2.05, 4.69) is 4.99 Å². The highest BCUT2D eigenvalue weighted by molar-refractivity contribution is 5.83. The van der Waals surface area contributed by atoms with Gasteiger partial charge in [0.05, 0.1) is 6.67 Å². The lowest BCUT2D eigenvalue weighted by Crippen LogP contribution is -2.16. The zero-order valence-corrected chi connectivity index (χ0v) is 7.71. The SMILES string of the molecule is CC(CC(C)CC(N)=O)=NCN. The lowest BCUT2D eigenvalue weighted by molar-refractivity contribution is -0.118. The molecule has 0 saturated carbocycles. The van der Waals surface area contributed by atoms with Crippen molar-refractivity contribution in [3.8, 4) is 0 Å². The second kappa shape index (κ2) is 5.71. The van der Waals surface area contributed by atoms with Gasteiger partial charge in [0.15, 0.2) is 0 Å². The van der Waals surface area contributed by atoms with Crippen LogP contribution in [0.1, 0.15) is 26.7 Å². The number of nitrogens with zero attached hydrogens (tertiary/aromatic N) is 1. The largest absolute Gasteiger partial charge is 0.370 e. The maximum absolute atomic E-state index is 10.5. The predicted octanol–water partition coefficient (Wildman–Crippen LogP) is 0.265. The highest BCUT2D eigenvalue weighted by Gasteiger charge is 2.06. The maximum atomic E-state index is 10.5. The number of nitrogens with two attached hydrogens (primary N) is 2. The van der Waals surface area contributed by atoms with E-state index >= 15 is 0 Å². The normalized spacial score (nSPS) is 14.4. The van der Waals surface area contributed by atoms with Crippen LogP contribution in [0.25, 0.3) is 0 Å². The van der Waals surface area contributed by atoms with Crippen LogP contribution in [0.2, 0.25) is 0 Å². The van der Waals surface area contributed by atoms with E-state index in [9.17, 15) is 4.79 Å². The summed E-state index contributed by atoms with van der Waals surface area (Å²) >= 11 is 0. The molecule has 4 heteroatoms. The van der Waals surface area contributed by atoms with Crippen LogP contribution in [0, 0.1) is 5.92 Å². The summed E-state index contributed by atoms with van der Waals surface area (Å²) in [5.74, 6) is 0.000786. The average Bonchev–Trinajstić information content (AvgIpc) is 1.84. The highest BCUT2D eigenvalue weighted by atomic mass is 16.1. The second-order valence-electron chi connectivity index (χ2n) is 3.06. The van der Waals surface area contributed by atoms with Crippen molar-refractivity contribution < 1.29 is 4.79 Å². The average molecular weight is 171 g/mol. The van der Waals surface area contributed by atoms with Gasteiger partial charge in [-0.25, -0.2) is 0 Å². The molecule has 1 unspecified atom stereocenters. The molecule has 0 aliphatic carbocycles. The number of carbonyl (C=O) groups excluding carboxylic acids is 1. The molecular weight excluding hydrogens is 154 g/mol. The molecule has 0 spiro atoms. The van der Waals surface area contributed by atoms with Crippen molar-refractivity contribution in [3.63, 3.8) is 0 Å². The summed E-state index contributed by atoms with van der Waals surface area (Å²) in [4.78, 5) is 14.5. The molecule has 0 fully saturated rings. The Kier molecular flexibility index (Phi) is 5.28. The van der Waals surface area contributed by atoms with Crippen molar-refractivity contribution in [3.05, 3.63) is 0 Å². The Balaban J connectivity index is 3.75. The summed E-state index contributed by atoms with van der Waals surface area (Å²) in [7, 11) is 0. The van der Waals surface area contributed by atoms with E-state index in [1.165, 1.54) is 0 Å². The first-order chi connectivity index (χ1) is 5.56. The van der Waals surface area contributed by atoms with Crippen LogP contribution in [0.5, 0.6) is 0 Å². The van der Waals surface area contributed by atoms with Crippen molar-refractivity contribution in [1.29, 1.82) is 0 Å². The van der Waals surface area contributed by atoms with Gasteiger partial charge in [0.25, 0.3) is 0 Å². The van der Waals surface area contributed by atoms with Gasteiger partial charge in [0.2, 0.25) is 5.91 Å². The van der Waals surface area contributed by atoms with Gasteiger partial charge in [-0.05, 0) is 19.3 Å². The van der Waals surface area contributed by atoms with Crippen LogP contribution >= 0.6 is 0 Å². The van der Waals surface area contributed by atoms with Crippen LogP contribution in [0.4, 0.5) is 0 Å². The Hall–Kier alpha value is -0.900. The number of aliphatic imine (C=N–C) groups is 1. The van der Waals surface area contributed by atoms with E-state index in [0.29, 0.717) is 13.1 Å². The number of amides is 1. The molecule has 4 nitrogen and oxygen atoms in total. The molecule has 0 saturated heterocycles. The lowest BCUT2D eigenvalue weighted by Gasteiger charge is -2.07.